The molecular formula is C58H94O6. The highest BCUT2D eigenvalue weighted by Crippen LogP contribution is 2.12. The van der Waals surface area contributed by atoms with E-state index in [9.17, 15) is 14.4 Å². The topological polar surface area (TPSA) is 78.9 Å². The largest absolute Gasteiger partial charge is 0.462 e. The zero-order valence-corrected chi connectivity index (χ0v) is 41.3. The number of hydrogen-bond donors (Lipinski definition) is 0. The maximum atomic E-state index is 12.8. The zero-order chi connectivity index (χ0) is 46.5. The summed E-state index contributed by atoms with van der Waals surface area (Å²) in [4.78, 5) is 38.0. The van der Waals surface area contributed by atoms with E-state index in [-0.39, 0.29) is 37.5 Å². The summed E-state index contributed by atoms with van der Waals surface area (Å²) < 4.78 is 16.7. The van der Waals surface area contributed by atoms with Crippen molar-refractivity contribution >= 4 is 17.9 Å². The third kappa shape index (κ3) is 49.1. The Labute approximate surface area is 393 Å². The second kappa shape index (κ2) is 51.7. The molecular weight excluding hydrogens is 793 g/mol. The summed E-state index contributed by atoms with van der Waals surface area (Å²) in [5, 5.41) is 0. The number of carbonyl (C=O) groups is 3. The molecule has 6 heteroatoms. The average Bonchev–Trinajstić information content (AvgIpc) is 3.29. The number of rotatable bonds is 45. The maximum Gasteiger partial charge on any atom is 0.306 e. The molecule has 0 aliphatic carbocycles. The lowest BCUT2D eigenvalue weighted by Gasteiger charge is -2.18. The van der Waals surface area contributed by atoms with Gasteiger partial charge in [-0.3, -0.25) is 14.4 Å². The highest BCUT2D eigenvalue weighted by molar-refractivity contribution is 5.71. The summed E-state index contributed by atoms with van der Waals surface area (Å²) in [7, 11) is 0. The van der Waals surface area contributed by atoms with Crippen molar-refractivity contribution in [3.05, 3.63) is 109 Å². The van der Waals surface area contributed by atoms with E-state index in [0.29, 0.717) is 19.3 Å². The fraction of sp³-hybridized carbons (Fsp3) is 0.638. The van der Waals surface area contributed by atoms with Gasteiger partial charge in [-0.2, -0.15) is 0 Å². The highest BCUT2D eigenvalue weighted by Gasteiger charge is 2.19. The molecule has 0 bridgehead atoms. The maximum absolute atomic E-state index is 12.8. The quantitative estimate of drug-likeness (QED) is 0.0262. The molecule has 0 amide bonds. The zero-order valence-electron chi connectivity index (χ0n) is 41.3. The minimum atomic E-state index is -0.816. The first kappa shape index (κ1) is 60.1. The van der Waals surface area contributed by atoms with Crippen molar-refractivity contribution in [1.29, 1.82) is 0 Å². The van der Waals surface area contributed by atoms with E-state index in [0.717, 1.165) is 128 Å². The number of allylic oxidation sites excluding steroid dienone is 18. The van der Waals surface area contributed by atoms with Crippen LogP contribution < -0.4 is 0 Å². The van der Waals surface area contributed by atoms with Gasteiger partial charge in [0.15, 0.2) is 6.10 Å². The van der Waals surface area contributed by atoms with Gasteiger partial charge in [0.1, 0.15) is 13.2 Å². The number of esters is 3. The third-order valence-electron chi connectivity index (χ3n) is 10.5. The van der Waals surface area contributed by atoms with Gasteiger partial charge >= 0.3 is 17.9 Å². The molecule has 1 atom stereocenters. The molecule has 0 spiro atoms. The van der Waals surface area contributed by atoms with Crippen LogP contribution in [0, 0.1) is 0 Å². The number of unbranched alkanes of at least 4 members (excludes halogenated alkanes) is 16. The summed E-state index contributed by atoms with van der Waals surface area (Å²) in [5.74, 6) is -0.995. The predicted molar refractivity (Wildman–Crippen MR) is 274 cm³/mol. The van der Waals surface area contributed by atoms with Crippen molar-refractivity contribution in [3.63, 3.8) is 0 Å². The predicted octanol–water partition coefficient (Wildman–Crippen LogP) is 17.1. The molecule has 6 nitrogen and oxygen atoms in total. The first-order valence-corrected chi connectivity index (χ1v) is 25.9. The molecule has 0 N–H and O–H groups in total. The number of carbonyl (C=O) groups excluding carboxylic acids is 3. The van der Waals surface area contributed by atoms with Crippen LogP contribution in [-0.4, -0.2) is 37.2 Å². The van der Waals surface area contributed by atoms with Gasteiger partial charge < -0.3 is 14.2 Å². The van der Waals surface area contributed by atoms with Crippen molar-refractivity contribution in [2.24, 2.45) is 0 Å². The van der Waals surface area contributed by atoms with Gasteiger partial charge in [0.2, 0.25) is 0 Å². The molecule has 0 fully saturated rings. The summed E-state index contributed by atoms with van der Waals surface area (Å²) in [6.07, 6.45) is 69.2. The summed E-state index contributed by atoms with van der Waals surface area (Å²) in [6, 6.07) is 0. The van der Waals surface area contributed by atoms with E-state index >= 15 is 0 Å². The average molecular weight is 887 g/mol. The summed E-state index contributed by atoms with van der Waals surface area (Å²) >= 11 is 0. The van der Waals surface area contributed by atoms with E-state index in [1.165, 1.54) is 44.9 Å². The SMILES string of the molecule is CC/C=C\C/C=C\C/C=C\C/C=C\CCCCC(=O)O[C@@H](COC(=O)CCCCCC/C=C\C/C=C\C/C=C\CCCCC)COC(=O)CCCCCCC/C=C\C/C=C\CCCC. The van der Waals surface area contributed by atoms with E-state index < -0.39 is 6.10 Å². The van der Waals surface area contributed by atoms with Crippen LogP contribution in [0.15, 0.2) is 109 Å². The van der Waals surface area contributed by atoms with Gasteiger partial charge in [-0.25, -0.2) is 0 Å². The Hall–Kier alpha value is -3.93. The van der Waals surface area contributed by atoms with E-state index in [4.69, 9.17) is 14.2 Å². The van der Waals surface area contributed by atoms with E-state index in [1.54, 1.807) is 0 Å². The summed E-state index contributed by atoms with van der Waals surface area (Å²) in [6.45, 7) is 6.37. The van der Waals surface area contributed by atoms with E-state index in [1.807, 2.05) is 0 Å². The molecule has 0 aromatic carbocycles. The molecule has 0 aromatic heterocycles. The van der Waals surface area contributed by atoms with Crippen molar-refractivity contribution in [3.8, 4) is 0 Å². The van der Waals surface area contributed by atoms with Gasteiger partial charge in [0, 0.05) is 19.3 Å². The van der Waals surface area contributed by atoms with Crippen LogP contribution in [0.5, 0.6) is 0 Å². The molecule has 0 aromatic rings. The van der Waals surface area contributed by atoms with Gasteiger partial charge in [0.05, 0.1) is 0 Å². The van der Waals surface area contributed by atoms with Crippen LogP contribution in [0.1, 0.15) is 220 Å². The second-order valence-electron chi connectivity index (χ2n) is 16.7. The normalized spacial score (nSPS) is 13.0. The molecule has 0 aliphatic heterocycles. The summed E-state index contributed by atoms with van der Waals surface area (Å²) in [5.41, 5.74) is 0. The lowest BCUT2D eigenvalue weighted by molar-refractivity contribution is -0.167. The number of ether oxygens (including phenoxy) is 3. The first-order chi connectivity index (χ1) is 31.5. The highest BCUT2D eigenvalue weighted by atomic mass is 16.6. The molecule has 0 rings (SSSR count). The van der Waals surface area contributed by atoms with Crippen LogP contribution in [0.4, 0.5) is 0 Å². The van der Waals surface area contributed by atoms with Crippen LogP contribution in [0.2, 0.25) is 0 Å². The molecule has 64 heavy (non-hydrogen) atoms. The minimum Gasteiger partial charge on any atom is -0.462 e. The molecule has 0 saturated carbocycles. The Balaban J connectivity index is 4.53. The van der Waals surface area contributed by atoms with Crippen molar-refractivity contribution in [1.82, 2.24) is 0 Å². The molecule has 0 radical (unpaired) electrons. The van der Waals surface area contributed by atoms with Gasteiger partial charge in [-0.1, -0.05) is 188 Å². The second-order valence-corrected chi connectivity index (χ2v) is 16.7. The number of hydrogen-bond acceptors (Lipinski definition) is 6. The fourth-order valence-corrected chi connectivity index (χ4v) is 6.57. The van der Waals surface area contributed by atoms with Gasteiger partial charge in [0.25, 0.3) is 0 Å². The Morgan fingerprint density at radius 2 is 0.625 bits per heavy atom. The van der Waals surface area contributed by atoms with Crippen LogP contribution >= 0.6 is 0 Å². The first-order valence-electron chi connectivity index (χ1n) is 25.9. The van der Waals surface area contributed by atoms with Crippen molar-refractivity contribution in [2.45, 2.75) is 226 Å². The van der Waals surface area contributed by atoms with Crippen LogP contribution in [-0.2, 0) is 28.6 Å². The van der Waals surface area contributed by atoms with Crippen LogP contribution in [0.3, 0.4) is 0 Å². The molecule has 362 valence electrons. The van der Waals surface area contributed by atoms with Crippen molar-refractivity contribution in [2.75, 3.05) is 13.2 Å². The lowest BCUT2D eigenvalue weighted by Crippen LogP contribution is -2.30. The Morgan fingerprint density at radius 1 is 0.328 bits per heavy atom. The third-order valence-corrected chi connectivity index (χ3v) is 10.5. The molecule has 0 saturated heterocycles. The van der Waals surface area contributed by atoms with Gasteiger partial charge in [-0.05, 0) is 122 Å². The standard InChI is InChI=1S/C58H94O6/c1-4-7-10-13-16-19-22-25-28-29-31-33-36-39-42-45-48-51-57(60)63-54-55(53-62-56(59)50-47-44-41-38-35-32-27-24-21-18-15-12-9-6-3)64-58(61)52-49-46-43-40-37-34-30-26-23-20-17-14-11-8-5-2/h8,11,15-20,24-28,30-31,33,37,40,55H,4-7,9-10,12-14,21-23,29,32,34-36,38-39,41-54H2,1-3H3/b11-8-,18-15-,19-16-,20-17-,27-24-,28-25-,30-26-,33-31-,40-37-/t55-/m1/s1. The molecule has 0 heterocycles. The Kier molecular flexibility index (Phi) is 48.5. The molecule has 0 aliphatic rings. The smallest absolute Gasteiger partial charge is 0.306 e. The Morgan fingerprint density at radius 3 is 1.03 bits per heavy atom. The monoisotopic (exact) mass is 887 g/mol. The minimum absolute atomic E-state index is 0.112. The molecule has 0 unspecified atom stereocenters. The van der Waals surface area contributed by atoms with Crippen LogP contribution in [0.25, 0.3) is 0 Å². The van der Waals surface area contributed by atoms with Crippen molar-refractivity contribution < 1.29 is 28.6 Å². The van der Waals surface area contributed by atoms with E-state index in [2.05, 4.69) is 130 Å². The van der Waals surface area contributed by atoms with Gasteiger partial charge in [-0.15, -0.1) is 0 Å². The lowest BCUT2D eigenvalue weighted by atomic mass is 10.1. The Bertz CT molecular complexity index is 1340. The fourth-order valence-electron chi connectivity index (χ4n) is 6.57.